The molecule has 4 aromatic rings. The summed E-state index contributed by atoms with van der Waals surface area (Å²) < 4.78 is 11.0. The molecule has 7 nitrogen and oxygen atoms in total. The Morgan fingerprint density at radius 1 is 0.935 bits per heavy atom. The number of rotatable bonds is 9. The van der Waals surface area contributed by atoms with E-state index >= 15 is 0 Å². The van der Waals surface area contributed by atoms with Crippen LogP contribution in [0.4, 0.5) is 17.2 Å². The largest absolute Gasteiger partial charge is 0.487 e. The standard InChI is InChI=1S/C24H25N5O2/c1-17-13-19(7-9-23(17)31-15-20-5-3-4-10-25-20)29-24-21-14-18(26-11-12-30-2)6-8-22(21)27-16-28-24/h3-10,13-14,16,26H,11-12,15H2,1-2H3,(H,27,28,29). The Labute approximate surface area is 181 Å². The molecule has 4 rings (SSSR count). The molecule has 7 heteroatoms. The van der Waals surface area contributed by atoms with Gasteiger partial charge in [-0.1, -0.05) is 6.07 Å². The number of nitrogens with one attached hydrogen (secondary N) is 2. The molecule has 0 fully saturated rings. The van der Waals surface area contributed by atoms with E-state index in [4.69, 9.17) is 9.47 Å². The van der Waals surface area contributed by atoms with Crippen molar-refractivity contribution < 1.29 is 9.47 Å². The lowest BCUT2D eigenvalue weighted by atomic mass is 10.1. The predicted molar refractivity (Wildman–Crippen MR) is 123 cm³/mol. The van der Waals surface area contributed by atoms with Gasteiger partial charge in [0.25, 0.3) is 0 Å². The summed E-state index contributed by atoms with van der Waals surface area (Å²) in [5, 5.41) is 7.70. The van der Waals surface area contributed by atoms with Gasteiger partial charge >= 0.3 is 0 Å². The Balaban J connectivity index is 1.50. The van der Waals surface area contributed by atoms with Crippen LogP contribution in [0.25, 0.3) is 10.9 Å². The van der Waals surface area contributed by atoms with Crippen LogP contribution in [-0.4, -0.2) is 35.2 Å². The Kier molecular flexibility index (Phi) is 6.54. The third-order valence-corrected chi connectivity index (χ3v) is 4.81. The zero-order valence-corrected chi connectivity index (χ0v) is 17.6. The summed E-state index contributed by atoms with van der Waals surface area (Å²) in [5.41, 5.74) is 4.73. The van der Waals surface area contributed by atoms with Crippen molar-refractivity contribution in [2.24, 2.45) is 0 Å². The third kappa shape index (κ3) is 5.26. The average molecular weight is 415 g/mol. The number of ether oxygens (including phenoxy) is 2. The fourth-order valence-electron chi connectivity index (χ4n) is 3.22. The van der Waals surface area contributed by atoms with Gasteiger partial charge in [-0.05, 0) is 61.0 Å². The molecular formula is C24H25N5O2. The summed E-state index contributed by atoms with van der Waals surface area (Å²) >= 11 is 0. The molecule has 0 spiro atoms. The lowest BCUT2D eigenvalue weighted by Crippen LogP contribution is -2.07. The van der Waals surface area contributed by atoms with Gasteiger partial charge in [-0.2, -0.15) is 0 Å². The molecule has 0 bridgehead atoms. The molecule has 2 heterocycles. The first-order chi connectivity index (χ1) is 15.2. The van der Waals surface area contributed by atoms with Crippen LogP contribution in [0.2, 0.25) is 0 Å². The van der Waals surface area contributed by atoms with Crippen molar-refractivity contribution in [2.45, 2.75) is 13.5 Å². The second-order valence-corrected chi connectivity index (χ2v) is 7.09. The van der Waals surface area contributed by atoms with Crippen LogP contribution in [0, 0.1) is 6.92 Å². The predicted octanol–water partition coefficient (Wildman–Crippen LogP) is 4.71. The molecule has 158 valence electrons. The summed E-state index contributed by atoms with van der Waals surface area (Å²) in [7, 11) is 1.69. The fourth-order valence-corrected chi connectivity index (χ4v) is 3.22. The average Bonchev–Trinajstić information content (AvgIpc) is 2.80. The van der Waals surface area contributed by atoms with E-state index in [1.165, 1.54) is 0 Å². The molecule has 2 aromatic heterocycles. The first-order valence-electron chi connectivity index (χ1n) is 10.1. The van der Waals surface area contributed by atoms with Gasteiger partial charge in [0.1, 0.15) is 24.5 Å². The van der Waals surface area contributed by atoms with E-state index in [1.54, 1.807) is 19.6 Å². The molecule has 0 saturated heterocycles. The van der Waals surface area contributed by atoms with Crippen LogP contribution in [0.1, 0.15) is 11.3 Å². The summed E-state index contributed by atoms with van der Waals surface area (Å²) in [6, 6.07) is 17.8. The van der Waals surface area contributed by atoms with Crippen LogP contribution in [-0.2, 0) is 11.3 Å². The van der Waals surface area contributed by atoms with E-state index in [0.29, 0.717) is 13.2 Å². The number of methoxy groups -OCH3 is 1. The lowest BCUT2D eigenvalue weighted by molar-refractivity contribution is 0.211. The maximum atomic E-state index is 5.93. The number of nitrogens with zero attached hydrogens (tertiary/aromatic N) is 3. The Hall–Kier alpha value is -3.71. The van der Waals surface area contributed by atoms with Gasteiger partial charge in [-0.15, -0.1) is 0 Å². The van der Waals surface area contributed by atoms with E-state index < -0.39 is 0 Å². The van der Waals surface area contributed by atoms with Gasteiger partial charge in [0.15, 0.2) is 0 Å². The molecule has 0 unspecified atom stereocenters. The van der Waals surface area contributed by atoms with Gasteiger partial charge in [0.2, 0.25) is 0 Å². The lowest BCUT2D eigenvalue weighted by Gasteiger charge is -2.13. The minimum absolute atomic E-state index is 0.434. The second kappa shape index (κ2) is 9.86. The second-order valence-electron chi connectivity index (χ2n) is 7.09. The zero-order chi connectivity index (χ0) is 21.5. The normalized spacial score (nSPS) is 10.8. The molecule has 0 aliphatic rings. The highest BCUT2D eigenvalue weighted by molar-refractivity contribution is 5.93. The van der Waals surface area contributed by atoms with Crippen LogP contribution < -0.4 is 15.4 Å². The topological polar surface area (TPSA) is 81.2 Å². The van der Waals surface area contributed by atoms with Gasteiger partial charge in [-0.25, -0.2) is 9.97 Å². The quantitative estimate of drug-likeness (QED) is 0.383. The highest BCUT2D eigenvalue weighted by atomic mass is 16.5. The van der Waals surface area contributed by atoms with Crippen molar-refractivity contribution in [3.8, 4) is 5.75 Å². The number of hydrogen-bond acceptors (Lipinski definition) is 7. The molecule has 0 aliphatic carbocycles. The Morgan fingerprint density at radius 3 is 2.65 bits per heavy atom. The number of anilines is 3. The van der Waals surface area contributed by atoms with Crippen LogP contribution in [0.5, 0.6) is 5.75 Å². The number of hydrogen-bond donors (Lipinski definition) is 2. The van der Waals surface area contributed by atoms with Crippen molar-refractivity contribution in [3.63, 3.8) is 0 Å². The SMILES string of the molecule is COCCNc1ccc2ncnc(Nc3ccc(OCc4ccccn4)c(C)c3)c2c1. The van der Waals surface area contributed by atoms with Crippen molar-refractivity contribution in [1.82, 2.24) is 15.0 Å². The monoisotopic (exact) mass is 415 g/mol. The van der Waals surface area contributed by atoms with E-state index in [9.17, 15) is 0 Å². The summed E-state index contributed by atoms with van der Waals surface area (Å²) in [6.45, 7) is 3.83. The van der Waals surface area contributed by atoms with Gasteiger partial charge in [0, 0.05) is 36.6 Å². The maximum Gasteiger partial charge on any atom is 0.141 e. The molecule has 31 heavy (non-hydrogen) atoms. The summed E-state index contributed by atoms with van der Waals surface area (Å²) in [4.78, 5) is 13.1. The van der Waals surface area contributed by atoms with Crippen molar-refractivity contribution >= 4 is 28.1 Å². The minimum Gasteiger partial charge on any atom is -0.487 e. The Morgan fingerprint density at radius 2 is 1.84 bits per heavy atom. The summed E-state index contributed by atoms with van der Waals surface area (Å²) in [6.07, 6.45) is 3.34. The highest BCUT2D eigenvalue weighted by Crippen LogP contribution is 2.28. The van der Waals surface area contributed by atoms with Crippen molar-refractivity contribution in [2.75, 3.05) is 30.9 Å². The number of benzene rings is 2. The molecule has 0 aliphatic heterocycles. The van der Waals surface area contributed by atoms with Crippen LogP contribution >= 0.6 is 0 Å². The molecule has 2 N–H and O–H groups in total. The number of fused-ring (bicyclic) bond motifs is 1. The zero-order valence-electron chi connectivity index (χ0n) is 17.6. The Bertz CT molecular complexity index is 1150. The molecule has 0 saturated carbocycles. The van der Waals surface area contributed by atoms with Crippen molar-refractivity contribution in [1.29, 1.82) is 0 Å². The number of aromatic nitrogens is 3. The van der Waals surface area contributed by atoms with Crippen LogP contribution in [0.3, 0.4) is 0 Å². The van der Waals surface area contributed by atoms with Crippen LogP contribution in [0.15, 0.2) is 67.1 Å². The van der Waals surface area contributed by atoms with E-state index in [2.05, 4.69) is 25.6 Å². The first-order valence-corrected chi connectivity index (χ1v) is 10.1. The van der Waals surface area contributed by atoms with Crippen molar-refractivity contribution in [3.05, 3.63) is 78.4 Å². The first kappa shape index (κ1) is 20.6. The molecule has 0 atom stereocenters. The molecule has 2 aromatic carbocycles. The van der Waals surface area contributed by atoms with Gasteiger partial charge in [0.05, 0.1) is 17.8 Å². The highest BCUT2D eigenvalue weighted by Gasteiger charge is 2.08. The summed E-state index contributed by atoms with van der Waals surface area (Å²) in [5.74, 6) is 1.58. The number of pyridine rings is 1. The minimum atomic E-state index is 0.434. The molecule has 0 radical (unpaired) electrons. The molecule has 0 amide bonds. The smallest absolute Gasteiger partial charge is 0.141 e. The molecular weight excluding hydrogens is 390 g/mol. The van der Waals surface area contributed by atoms with E-state index in [-0.39, 0.29) is 0 Å². The fraction of sp³-hybridized carbons (Fsp3) is 0.208. The van der Waals surface area contributed by atoms with Gasteiger partial charge in [-0.3, -0.25) is 4.98 Å². The van der Waals surface area contributed by atoms with E-state index in [0.717, 1.165) is 51.6 Å². The maximum absolute atomic E-state index is 5.93. The van der Waals surface area contributed by atoms with Gasteiger partial charge < -0.3 is 20.1 Å². The third-order valence-electron chi connectivity index (χ3n) is 4.81. The number of aryl methyl sites for hydroxylation is 1. The van der Waals surface area contributed by atoms with E-state index in [1.807, 2.05) is 61.5 Å².